The lowest BCUT2D eigenvalue weighted by molar-refractivity contribution is -0.131. The molecule has 0 unspecified atom stereocenters. The summed E-state index contributed by atoms with van der Waals surface area (Å²) in [5.41, 5.74) is 0.703. The summed E-state index contributed by atoms with van der Waals surface area (Å²) in [5, 5.41) is 9.50. The number of rotatable bonds is 5. The zero-order valence-corrected chi connectivity index (χ0v) is 13.3. The first-order valence-electron chi connectivity index (χ1n) is 6.22. The summed E-state index contributed by atoms with van der Waals surface area (Å²) in [6, 6.07) is 3.20. The maximum Gasteiger partial charge on any atom is 0.328 e. The zero-order valence-electron chi connectivity index (χ0n) is 11.7. The molecule has 0 spiro atoms. The molecule has 0 saturated heterocycles. The highest BCUT2D eigenvalue weighted by Crippen LogP contribution is 2.34. The second-order valence-corrected chi connectivity index (χ2v) is 6.48. The Morgan fingerprint density at radius 1 is 1.35 bits per heavy atom. The van der Waals surface area contributed by atoms with E-state index in [2.05, 4.69) is 20.8 Å². The van der Waals surface area contributed by atoms with Crippen molar-refractivity contribution < 1.29 is 14.6 Å². The third kappa shape index (κ3) is 5.85. The van der Waals surface area contributed by atoms with Gasteiger partial charge in [-0.05, 0) is 30.0 Å². The number of ether oxygens (including phenoxy) is 1. The zero-order chi connectivity index (χ0) is 15.3. The number of benzene rings is 1. The largest absolute Gasteiger partial charge is 0.491 e. The fraction of sp³-hybridized carbons (Fsp3) is 0.400. The van der Waals surface area contributed by atoms with E-state index in [0.29, 0.717) is 28.0 Å². The predicted molar refractivity (Wildman–Crippen MR) is 82.7 cm³/mol. The van der Waals surface area contributed by atoms with Crippen LogP contribution >= 0.6 is 23.2 Å². The van der Waals surface area contributed by atoms with Crippen LogP contribution in [0.1, 0.15) is 32.8 Å². The molecule has 1 rings (SSSR count). The Hall–Kier alpha value is -1.19. The summed E-state index contributed by atoms with van der Waals surface area (Å²) in [7, 11) is 0. The Kier molecular flexibility index (Phi) is 5.90. The van der Waals surface area contributed by atoms with E-state index in [1.54, 1.807) is 12.1 Å². The number of carboxylic acid groups (broad SMARTS) is 1. The molecule has 3 nitrogen and oxygen atoms in total. The highest BCUT2D eigenvalue weighted by molar-refractivity contribution is 6.35. The van der Waals surface area contributed by atoms with Gasteiger partial charge in [-0.3, -0.25) is 0 Å². The van der Waals surface area contributed by atoms with Crippen LogP contribution in [0.4, 0.5) is 0 Å². The molecular formula is C15H18Cl2O3. The van der Waals surface area contributed by atoms with Gasteiger partial charge in [0.25, 0.3) is 0 Å². The fourth-order valence-corrected chi connectivity index (χ4v) is 2.04. The van der Waals surface area contributed by atoms with Crippen molar-refractivity contribution in [2.75, 3.05) is 6.61 Å². The molecule has 0 aliphatic heterocycles. The lowest BCUT2D eigenvalue weighted by atomic mass is 9.93. The molecule has 5 heteroatoms. The molecule has 1 N–H and O–H groups in total. The van der Waals surface area contributed by atoms with Crippen LogP contribution in [0.2, 0.25) is 10.0 Å². The maximum absolute atomic E-state index is 10.6. The van der Waals surface area contributed by atoms with Crippen LogP contribution in [0.5, 0.6) is 5.75 Å². The molecule has 1 aromatic rings. The smallest absolute Gasteiger partial charge is 0.328 e. The number of hydrogen-bond donors (Lipinski definition) is 1. The molecule has 20 heavy (non-hydrogen) atoms. The van der Waals surface area contributed by atoms with Gasteiger partial charge in [-0.25, -0.2) is 4.79 Å². The molecule has 0 bridgehead atoms. The van der Waals surface area contributed by atoms with Gasteiger partial charge in [-0.15, -0.1) is 0 Å². The van der Waals surface area contributed by atoms with E-state index < -0.39 is 5.97 Å². The van der Waals surface area contributed by atoms with E-state index in [9.17, 15) is 4.79 Å². The molecule has 0 aliphatic rings. The lowest BCUT2D eigenvalue weighted by Crippen LogP contribution is -2.11. The molecule has 0 aromatic heterocycles. The van der Waals surface area contributed by atoms with Gasteiger partial charge in [0.05, 0.1) is 11.6 Å². The van der Waals surface area contributed by atoms with Gasteiger partial charge in [-0.1, -0.05) is 44.0 Å². The summed E-state index contributed by atoms with van der Waals surface area (Å²) < 4.78 is 5.70. The van der Waals surface area contributed by atoms with E-state index in [-0.39, 0.29) is 5.41 Å². The fourth-order valence-electron chi connectivity index (χ4n) is 1.48. The first-order chi connectivity index (χ1) is 9.19. The van der Waals surface area contributed by atoms with Gasteiger partial charge >= 0.3 is 5.97 Å². The molecular weight excluding hydrogens is 299 g/mol. The highest BCUT2D eigenvalue weighted by Gasteiger charge is 2.13. The van der Waals surface area contributed by atoms with Crippen molar-refractivity contribution in [2.45, 2.75) is 27.2 Å². The Morgan fingerprint density at radius 3 is 2.55 bits per heavy atom. The van der Waals surface area contributed by atoms with E-state index >= 15 is 0 Å². The second-order valence-electron chi connectivity index (χ2n) is 5.64. The molecule has 0 radical (unpaired) electrons. The topological polar surface area (TPSA) is 46.5 Å². The standard InChI is InChI=1S/C15H18Cl2O3/c1-15(2,3)6-7-20-14-10(4-5-13(18)19)8-11(16)9-12(14)17/h4-5,8-9H,6-7H2,1-3H3,(H,18,19). The summed E-state index contributed by atoms with van der Waals surface area (Å²) in [6.07, 6.45) is 3.30. The van der Waals surface area contributed by atoms with Gasteiger partial charge in [-0.2, -0.15) is 0 Å². The summed E-state index contributed by atoms with van der Waals surface area (Å²) in [4.78, 5) is 10.6. The summed E-state index contributed by atoms with van der Waals surface area (Å²) >= 11 is 12.0. The first kappa shape index (κ1) is 16.9. The van der Waals surface area contributed by atoms with Crippen LogP contribution in [0.25, 0.3) is 6.08 Å². The summed E-state index contributed by atoms with van der Waals surface area (Å²) in [5.74, 6) is -0.584. The maximum atomic E-state index is 10.6. The quantitative estimate of drug-likeness (QED) is 0.785. The van der Waals surface area contributed by atoms with Crippen LogP contribution in [0.3, 0.4) is 0 Å². The van der Waals surface area contributed by atoms with E-state index in [1.165, 1.54) is 6.08 Å². The highest BCUT2D eigenvalue weighted by atomic mass is 35.5. The van der Waals surface area contributed by atoms with Crippen LogP contribution in [0, 0.1) is 5.41 Å². The predicted octanol–water partition coefficient (Wildman–Crippen LogP) is 4.91. The number of carboxylic acids is 1. The number of aliphatic carboxylic acids is 1. The van der Waals surface area contributed by atoms with Crippen LogP contribution in [-0.4, -0.2) is 17.7 Å². The van der Waals surface area contributed by atoms with Crippen molar-refractivity contribution in [1.82, 2.24) is 0 Å². The Morgan fingerprint density at radius 2 is 2.00 bits per heavy atom. The average Bonchev–Trinajstić information content (AvgIpc) is 2.27. The van der Waals surface area contributed by atoms with Crippen LogP contribution in [0.15, 0.2) is 18.2 Å². The minimum absolute atomic E-state index is 0.149. The monoisotopic (exact) mass is 316 g/mol. The molecule has 0 amide bonds. The van der Waals surface area contributed by atoms with Crippen molar-refractivity contribution >= 4 is 35.2 Å². The first-order valence-corrected chi connectivity index (χ1v) is 6.97. The molecule has 0 fully saturated rings. The Balaban J connectivity index is 2.95. The second kappa shape index (κ2) is 7.00. The van der Waals surface area contributed by atoms with Crippen molar-refractivity contribution in [3.8, 4) is 5.75 Å². The molecule has 110 valence electrons. The number of carbonyl (C=O) groups is 1. The Labute approximate surface area is 129 Å². The third-order valence-electron chi connectivity index (χ3n) is 2.54. The minimum Gasteiger partial charge on any atom is -0.491 e. The van der Waals surface area contributed by atoms with E-state index in [0.717, 1.165) is 12.5 Å². The van der Waals surface area contributed by atoms with Crippen LogP contribution in [-0.2, 0) is 4.79 Å². The van der Waals surface area contributed by atoms with Gasteiger partial charge in [0, 0.05) is 16.7 Å². The number of halogens is 2. The van der Waals surface area contributed by atoms with E-state index in [1.807, 2.05) is 0 Å². The number of hydrogen-bond acceptors (Lipinski definition) is 2. The summed E-state index contributed by atoms with van der Waals surface area (Å²) in [6.45, 7) is 6.85. The SMILES string of the molecule is CC(C)(C)CCOc1c(Cl)cc(Cl)cc1C=CC(=O)O. The normalized spacial score (nSPS) is 11.8. The minimum atomic E-state index is -1.04. The molecule has 1 aromatic carbocycles. The van der Waals surface area contributed by atoms with Gasteiger partial charge < -0.3 is 9.84 Å². The van der Waals surface area contributed by atoms with Crippen molar-refractivity contribution in [3.05, 3.63) is 33.8 Å². The Bertz CT molecular complexity index is 517. The van der Waals surface area contributed by atoms with E-state index in [4.69, 9.17) is 33.0 Å². The van der Waals surface area contributed by atoms with Gasteiger partial charge in [0.2, 0.25) is 0 Å². The van der Waals surface area contributed by atoms with Crippen LogP contribution < -0.4 is 4.74 Å². The van der Waals surface area contributed by atoms with Crippen molar-refractivity contribution in [2.24, 2.45) is 5.41 Å². The molecule has 0 atom stereocenters. The van der Waals surface area contributed by atoms with Gasteiger partial charge in [0.1, 0.15) is 5.75 Å². The van der Waals surface area contributed by atoms with Crippen molar-refractivity contribution in [3.63, 3.8) is 0 Å². The molecule has 0 heterocycles. The third-order valence-corrected chi connectivity index (χ3v) is 3.04. The average molecular weight is 317 g/mol. The lowest BCUT2D eigenvalue weighted by Gasteiger charge is -2.19. The van der Waals surface area contributed by atoms with Gasteiger partial charge in [0.15, 0.2) is 0 Å². The molecule has 0 saturated carbocycles. The van der Waals surface area contributed by atoms with Crippen molar-refractivity contribution in [1.29, 1.82) is 0 Å². The molecule has 0 aliphatic carbocycles.